The van der Waals surface area contributed by atoms with E-state index in [1.807, 2.05) is 30.3 Å². The number of nitrogens with one attached hydrogen (secondary N) is 1. The van der Waals surface area contributed by atoms with Crippen molar-refractivity contribution < 1.29 is 9.90 Å². The average molecular weight is 244 g/mol. The molecular formula is C14H16N2O2. The van der Waals surface area contributed by atoms with Crippen LogP contribution >= 0.6 is 0 Å². The van der Waals surface area contributed by atoms with Crippen LogP contribution in [0.3, 0.4) is 0 Å². The Morgan fingerprint density at radius 2 is 2.17 bits per heavy atom. The lowest BCUT2D eigenvalue weighted by Crippen LogP contribution is -2.14. The molecule has 0 aliphatic rings. The van der Waals surface area contributed by atoms with Crippen molar-refractivity contribution in [3.8, 4) is 0 Å². The molecule has 0 spiro atoms. The van der Waals surface area contributed by atoms with Gasteiger partial charge in [-0.1, -0.05) is 31.2 Å². The third kappa shape index (κ3) is 2.77. The van der Waals surface area contributed by atoms with E-state index >= 15 is 0 Å². The molecule has 4 heteroatoms. The predicted molar refractivity (Wildman–Crippen MR) is 71.6 cm³/mol. The number of aliphatic carboxylic acids is 1. The van der Waals surface area contributed by atoms with Crippen LogP contribution in [0, 0.1) is 5.92 Å². The highest BCUT2D eigenvalue weighted by molar-refractivity contribution is 5.91. The predicted octanol–water partition coefficient (Wildman–Crippen LogP) is 2.76. The summed E-state index contributed by atoms with van der Waals surface area (Å²) in [5.74, 6) is -0.291. The van der Waals surface area contributed by atoms with Gasteiger partial charge in [0.2, 0.25) is 0 Å². The third-order valence-corrected chi connectivity index (χ3v) is 2.97. The molecule has 0 saturated carbocycles. The van der Waals surface area contributed by atoms with Gasteiger partial charge in [0.05, 0.1) is 5.92 Å². The van der Waals surface area contributed by atoms with Crippen molar-refractivity contribution in [2.75, 3.05) is 11.9 Å². The summed E-state index contributed by atoms with van der Waals surface area (Å²) in [5.41, 5.74) is 0. The number of pyridine rings is 1. The van der Waals surface area contributed by atoms with E-state index in [0.717, 1.165) is 16.6 Å². The van der Waals surface area contributed by atoms with E-state index < -0.39 is 5.97 Å². The van der Waals surface area contributed by atoms with Gasteiger partial charge in [-0.25, -0.2) is 4.98 Å². The highest BCUT2D eigenvalue weighted by atomic mass is 16.4. The first-order valence-corrected chi connectivity index (χ1v) is 5.99. The molecule has 2 aromatic rings. The number of hydrogen-bond acceptors (Lipinski definition) is 3. The quantitative estimate of drug-likeness (QED) is 0.849. The van der Waals surface area contributed by atoms with Crippen LogP contribution in [0.4, 0.5) is 5.82 Å². The van der Waals surface area contributed by atoms with Crippen LogP contribution in [0.25, 0.3) is 10.8 Å². The largest absolute Gasteiger partial charge is 0.481 e. The van der Waals surface area contributed by atoms with Gasteiger partial charge >= 0.3 is 5.97 Å². The average Bonchev–Trinajstić information content (AvgIpc) is 2.38. The van der Waals surface area contributed by atoms with Crippen LogP contribution in [0.5, 0.6) is 0 Å². The van der Waals surface area contributed by atoms with Crippen LogP contribution < -0.4 is 5.32 Å². The van der Waals surface area contributed by atoms with E-state index in [0.29, 0.717) is 13.0 Å². The van der Waals surface area contributed by atoms with Gasteiger partial charge in [0.1, 0.15) is 5.82 Å². The molecule has 1 unspecified atom stereocenters. The fraction of sp³-hybridized carbons (Fsp3) is 0.286. The number of rotatable bonds is 5. The number of carboxylic acid groups (broad SMARTS) is 1. The van der Waals surface area contributed by atoms with Crippen LogP contribution in [0.2, 0.25) is 0 Å². The normalized spacial score (nSPS) is 12.3. The molecule has 2 N–H and O–H groups in total. The summed E-state index contributed by atoms with van der Waals surface area (Å²) >= 11 is 0. The van der Waals surface area contributed by atoms with Crippen LogP contribution in [0.1, 0.15) is 13.3 Å². The molecular weight excluding hydrogens is 228 g/mol. The SMILES string of the molecule is CC(CCNc1nccc2ccccc12)C(=O)O. The van der Waals surface area contributed by atoms with Crippen LogP contribution in [0.15, 0.2) is 36.5 Å². The zero-order chi connectivity index (χ0) is 13.0. The summed E-state index contributed by atoms with van der Waals surface area (Å²) in [6, 6.07) is 9.95. The minimum Gasteiger partial charge on any atom is -0.481 e. The number of carbonyl (C=O) groups is 1. The lowest BCUT2D eigenvalue weighted by Gasteiger charge is -2.10. The monoisotopic (exact) mass is 244 g/mol. The third-order valence-electron chi connectivity index (χ3n) is 2.97. The van der Waals surface area contributed by atoms with E-state index in [9.17, 15) is 4.79 Å². The summed E-state index contributed by atoms with van der Waals surface area (Å²) < 4.78 is 0. The summed E-state index contributed by atoms with van der Waals surface area (Å²) in [7, 11) is 0. The van der Waals surface area contributed by atoms with Gasteiger partial charge in [-0.3, -0.25) is 4.79 Å². The van der Waals surface area contributed by atoms with Crippen molar-refractivity contribution in [1.29, 1.82) is 0 Å². The van der Waals surface area contributed by atoms with Gasteiger partial charge in [-0.15, -0.1) is 0 Å². The molecule has 18 heavy (non-hydrogen) atoms. The van der Waals surface area contributed by atoms with Gasteiger partial charge in [0.15, 0.2) is 0 Å². The highest BCUT2D eigenvalue weighted by Gasteiger charge is 2.10. The number of aromatic nitrogens is 1. The van der Waals surface area contributed by atoms with Gasteiger partial charge < -0.3 is 10.4 Å². The number of anilines is 1. The Morgan fingerprint density at radius 3 is 2.94 bits per heavy atom. The first-order valence-electron chi connectivity index (χ1n) is 5.99. The van der Waals surface area contributed by atoms with Crippen molar-refractivity contribution in [2.45, 2.75) is 13.3 Å². The van der Waals surface area contributed by atoms with Crippen molar-refractivity contribution in [3.63, 3.8) is 0 Å². The molecule has 0 aliphatic carbocycles. The second-order valence-corrected chi connectivity index (χ2v) is 4.34. The molecule has 1 atom stereocenters. The van der Waals surface area contributed by atoms with Crippen molar-refractivity contribution >= 4 is 22.6 Å². The van der Waals surface area contributed by atoms with E-state index in [-0.39, 0.29) is 5.92 Å². The maximum Gasteiger partial charge on any atom is 0.306 e. The summed E-state index contributed by atoms with van der Waals surface area (Å²) in [6.07, 6.45) is 2.34. The van der Waals surface area contributed by atoms with Crippen molar-refractivity contribution in [1.82, 2.24) is 4.98 Å². The Bertz CT molecular complexity index is 549. The van der Waals surface area contributed by atoms with Crippen LogP contribution in [-0.4, -0.2) is 22.6 Å². The minimum absolute atomic E-state index is 0.340. The maximum absolute atomic E-state index is 10.7. The summed E-state index contributed by atoms with van der Waals surface area (Å²) in [6.45, 7) is 2.31. The molecule has 1 heterocycles. The summed E-state index contributed by atoms with van der Waals surface area (Å²) in [5, 5.41) is 14.2. The molecule has 2 rings (SSSR count). The molecule has 0 fully saturated rings. The Hall–Kier alpha value is -2.10. The van der Waals surface area contributed by atoms with Gasteiger partial charge in [-0.05, 0) is 17.9 Å². The zero-order valence-electron chi connectivity index (χ0n) is 10.3. The Kier molecular flexibility index (Phi) is 3.77. The minimum atomic E-state index is -0.761. The number of benzene rings is 1. The highest BCUT2D eigenvalue weighted by Crippen LogP contribution is 2.20. The summed E-state index contributed by atoms with van der Waals surface area (Å²) in [4.78, 5) is 15.0. The standard InChI is InChI=1S/C14H16N2O2/c1-10(14(17)18)6-8-15-13-12-5-3-2-4-11(12)7-9-16-13/h2-5,7,9-10H,6,8H2,1H3,(H,15,16)(H,17,18). The Labute approximate surface area is 106 Å². The van der Waals surface area contributed by atoms with Crippen LogP contribution in [-0.2, 0) is 4.79 Å². The number of fused-ring (bicyclic) bond motifs is 1. The second-order valence-electron chi connectivity index (χ2n) is 4.34. The molecule has 1 aromatic heterocycles. The van der Waals surface area contributed by atoms with E-state index in [1.165, 1.54) is 0 Å². The fourth-order valence-electron chi connectivity index (χ4n) is 1.79. The first-order chi connectivity index (χ1) is 8.68. The maximum atomic E-state index is 10.7. The molecule has 0 radical (unpaired) electrons. The molecule has 0 bridgehead atoms. The molecule has 4 nitrogen and oxygen atoms in total. The zero-order valence-corrected chi connectivity index (χ0v) is 10.3. The smallest absolute Gasteiger partial charge is 0.306 e. The van der Waals surface area contributed by atoms with Crippen molar-refractivity contribution in [3.05, 3.63) is 36.5 Å². The topological polar surface area (TPSA) is 62.2 Å². The lowest BCUT2D eigenvalue weighted by atomic mass is 10.1. The number of carboxylic acids is 1. The molecule has 0 aliphatic heterocycles. The lowest BCUT2D eigenvalue weighted by molar-refractivity contribution is -0.141. The Morgan fingerprint density at radius 1 is 1.39 bits per heavy atom. The number of nitrogens with zero attached hydrogens (tertiary/aromatic N) is 1. The van der Waals surface area contributed by atoms with E-state index in [4.69, 9.17) is 5.11 Å². The molecule has 94 valence electrons. The van der Waals surface area contributed by atoms with Crippen molar-refractivity contribution in [2.24, 2.45) is 5.92 Å². The van der Waals surface area contributed by atoms with Gasteiger partial charge in [-0.2, -0.15) is 0 Å². The number of hydrogen-bond donors (Lipinski definition) is 2. The fourth-order valence-corrected chi connectivity index (χ4v) is 1.79. The van der Waals surface area contributed by atoms with Gasteiger partial charge in [0, 0.05) is 18.1 Å². The molecule has 1 aromatic carbocycles. The van der Waals surface area contributed by atoms with E-state index in [2.05, 4.69) is 10.3 Å². The Balaban J connectivity index is 2.06. The second kappa shape index (κ2) is 5.49. The van der Waals surface area contributed by atoms with Gasteiger partial charge in [0.25, 0.3) is 0 Å². The molecule has 0 saturated heterocycles. The van der Waals surface area contributed by atoms with E-state index in [1.54, 1.807) is 13.1 Å². The first kappa shape index (κ1) is 12.4. The molecule has 0 amide bonds.